The molecule has 8 heteroatoms. The molecular formula is C29H37N3O4S. The van der Waals surface area contributed by atoms with Crippen LogP contribution in [0.4, 0.5) is 5.69 Å². The number of hydrogen-bond acceptors (Lipinski definition) is 4. The van der Waals surface area contributed by atoms with Crippen molar-refractivity contribution >= 4 is 38.3 Å². The van der Waals surface area contributed by atoms with Crippen molar-refractivity contribution in [1.82, 2.24) is 10.2 Å². The third-order valence-electron chi connectivity index (χ3n) is 6.22. The highest BCUT2D eigenvalue weighted by atomic mass is 32.2. The summed E-state index contributed by atoms with van der Waals surface area (Å²) in [4.78, 5) is 28.6. The van der Waals surface area contributed by atoms with Crippen molar-refractivity contribution in [2.75, 3.05) is 23.7 Å². The Kier molecular flexibility index (Phi) is 9.32. The summed E-state index contributed by atoms with van der Waals surface area (Å²) in [5, 5.41) is 4.54. The predicted octanol–water partition coefficient (Wildman–Crippen LogP) is 4.49. The van der Waals surface area contributed by atoms with Crippen LogP contribution < -0.4 is 9.62 Å². The molecule has 1 atom stereocenters. The maximum absolute atomic E-state index is 13.9. The summed E-state index contributed by atoms with van der Waals surface area (Å²) >= 11 is 0. The van der Waals surface area contributed by atoms with Crippen LogP contribution >= 0.6 is 0 Å². The Bertz CT molecular complexity index is 1350. The van der Waals surface area contributed by atoms with Crippen molar-refractivity contribution in [3.8, 4) is 0 Å². The van der Waals surface area contributed by atoms with E-state index < -0.39 is 28.5 Å². The van der Waals surface area contributed by atoms with Gasteiger partial charge in [-0.25, -0.2) is 8.42 Å². The van der Waals surface area contributed by atoms with Gasteiger partial charge in [0.15, 0.2) is 0 Å². The first kappa shape index (κ1) is 28.2. The highest BCUT2D eigenvalue weighted by Gasteiger charge is 2.32. The monoisotopic (exact) mass is 523 g/mol. The van der Waals surface area contributed by atoms with Crippen LogP contribution in [-0.2, 0) is 26.2 Å². The van der Waals surface area contributed by atoms with Gasteiger partial charge in [-0.2, -0.15) is 0 Å². The van der Waals surface area contributed by atoms with Gasteiger partial charge in [-0.3, -0.25) is 13.9 Å². The molecule has 3 rings (SSSR count). The number of carbonyl (C=O) groups excluding carboxylic acids is 2. The molecule has 0 fully saturated rings. The molecule has 0 aliphatic carbocycles. The number of aryl methyl sites for hydroxylation is 1. The van der Waals surface area contributed by atoms with E-state index >= 15 is 0 Å². The largest absolute Gasteiger partial charge is 0.354 e. The second-order valence-electron chi connectivity index (χ2n) is 9.84. The average Bonchev–Trinajstić information content (AvgIpc) is 2.85. The molecular weight excluding hydrogens is 486 g/mol. The van der Waals surface area contributed by atoms with E-state index in [4.69, 9.17) is 0 Å². The van der Waals surface area contributed by atoms with Crippen LogP contribution in [0.5, 0.6) is 0 Å². The molecule has 0 aromatic heterocycles. The van der Waals surface area contributed by atoms with E-state index in [2.05, 4.69) is 5.32 Å². The molecule has 0 radical (unpaired) electrons. The molecule has 0 saturated carbocycles. The first-order valence-corrected chi connectivity index (χ1v) is 14.4. The van der Waals surface area contributed by atoms with Gasteiger partial charge in [0.25, 0.3) is 0 Å². The maximum atomic E-state index is 13.9. The van der Waals surface area contributed by atoms with E-state index in [0.717, 1.165) is 32.5 Å². The second-order valence-corrected chi connectivity index (χ2v) is 11.7. The maximum Gasteiger partial charge on any atom is 0.244 e. The topological polar surface area (TPSA) is 86.8 Å². The lowest BCUT2D eigenvalue weighted by molar-refractivity contribution is -0.140. The van der Waals surface area contributed by atoms with Crippen LogP contribution in [0.2, 0.25) is 0 Å². The molecule has 2 amide bonds. The Morgan fingerprint density at radius 3 is 2.30 bits per heavy atom. The van der Waals surface area contributed by atoms with E-state index in [9.17, 15) is 18.0 Å². The summed E-state index contributed by atoms with van der Waals surface area (Å²) < 4.78 is 27.1. The van der Waals surface area contributed by atoms with E-state index in [1.807, 2.05) is 82.3 Å². The quantitative estimate of drug-likeness (QED) is 0.401. The number of nitrogens with one attached hydrogen (secondary N) is 1. The van der Waals surface area contributed by atoms with Gasteiger partial charge in [0.05, 0.1) is 11.9 Å². The van der Waals surface area contributed by atoms with Crippen LogP contribution in [0, 0.1) is 12.8 Å². The van der Waals surface area contributed by atoms with Gasteiger partial charge in [-0.05, 0) is 36.3 Å². The van der Waals surface area contributed by atoms with Crippen molar-refractivity contribution in [3.05, 3.63) is 77.9 Å². The summed E-state index contributed by atoms with van der Waals surface area (Å²) in [7, 11) is -3.81. The molecule has 3 aromatic rings. The third kappa shape index (κ3) is 7.32. The normalized spacial score (nSPS) is 12.4. The van der Waals surface area contributed by atoms with Crippen LogP contribution in [0.15, 0.2) is 66.7 Å². The number of sulfonamides is 1. The minimum absolute atomic E-state index is 0.196. The molecule has 1 N–H and O–H groups in total. The molecule has 3 aromatic carbocycles. The number of rotatable bonds is 11. The lowest BCUT2D eigenvalue weighted by Gasteiger charge is -2.33. The number of carbonyl (C=O) groups is 2. The third-order valence-corrected chi connectivity index (χ3v) is 7.35. The van der Waals surface area contributed by atoms with E-state index in [-0.39, 0.29) is 18.4 Å². The molecule has 198 valence electrons. The zero-order chi connectivity index (χ0) is 27.2. The van der Waals surface area contributed by atoms with Crippen molar-refractivity contribution in [1.29, 1.82) is 0 Å². The van der Waals surface area contributed by atoms with Gasteiger partial charge in [0.2, 0.25) is 21.8 Å². The van der Waals surface area contributed by atoms with Crippen LogP contribution in [-0.4, -0.2) is 50.5 Å². The summed E-state index contributed by atoms with van der Waals surface area (Å²) in [5.74, 6) is -0.422. The zero-order valence-electron chi connectivity index (χ0n) is 22.3. The Morgan fingerprint density at radius 2 is 1.65 bits per heavy atom. The second kappa shape index (κ2) is 12.2. The zero-order valence-corrected chi connectivity index (χ0v) is 23.1. The van der Waals surface area contributed by atoms with Crippen LogP contribution in [0.3, 0.4) is 0 Å². The number of nitrogens with zero attached hydrogens (tertiary/aromatic N) is 2. The average molecular weight is 524 g/mol. The van der Waals surface area contributed by atoms with Gasteiger partial charge < -0.3 is 10.2 Å². The minimum Gasteiger partial charge on any atom is -0.354 e. The number of hydrogen-bond donors (Lipinski definition) is 1. The van der Waals surface area contributed by atoms with Crippen molar-refractivity contribution in [2.45, 2.75) is 46.7 Å². The fourth-order valence-corrected chi connectivity index (χ4v) is 5.23. The highest BCUT2D eigenvalue weighted by molar-refractivity contribution is 7.92. The number of anilines is 1. The molecule has 7 nitrogen and oxygen atoms in total. The van der Waals surface area contributed by atoms with Crippen LogP contribution in [0.25, 0.3) is 10.8 Å². The standard InChI is InChI=1S/C29H37N3O4S/c1-6-26(29(34)30-18-21(2)3)31(19-23-12-9-11-22(4)17-23)28(33)20-32(37(5,35)36)27-16-10-14-24-13-7-8-15-25(24)27/h7-17,21,26H,6,18-20H2,1-5H3,(H,30,34)/t26-/m0/s1. The highest BCUT2D eigenvalue weighted by Crippen LogP contribution is 2.29. The van der Waals surface area contributed by atoms with E-state index in [1.54, 1.807) is 12.1 Å². The van der Waals surface area contributed by atoms with Gasteiger partial charge in [-0.15, -0.1) is 0 Å². The summed E-state index contributed by atoms with van der Waals surface area (Å²) in [5.41, 5.74) is 2.34. The van der Waals surface area contributed by atoms with E-state index in [0.29, 0.717) is 18.7 Å². The minimum atomic E-state index is -3.81. The molecule has 0 aliphatic rings. The number of amides is 2. The number of benzene rings is 3. The van der Waals surface area contributed by atoms with Gasteiger partial charge >= 0.3 is 0 Å². The van der Waals surface area contributed by atoms with E-state index in [1.165, 1.54) is 4.90 Å². The smallest absolute Gasteiger partial charge is 0.244 e. The molecule has 0 unspecified atom stereocenters. The molecule has 0 heterocycles. The predicted molar refractivity (Wildman–Crippen MR) is 150 cm³/mol. The SMILES string of the molecule is CC[C@@H](C(=O)NCC(C)C)N(Cc1cccc(C)c1)C(=O)CN(c1cccc2ccccc12)S(C)(=O)=O. The lowest BCUT2D eigenvalue weighted by Crippen LogP contribution is -2.52. The van der Waals surface area contributed by atoms with Crippen LogP contribution in [0.1, 0.15) is 38.3 Å². The molecule has 0 spiro atoms. The lowest BCUT2D eigenvalue weighted by atomic mass is 10.1. The fourth-order valence-electron chi connectivity index (χ4n) is 4.37. The van der Waals surface area contributed by atoms with Gasteiger partial charge in [0.1, 0.15) is 12.6 Å². The molecule has 0 bridgehead atoms. The Balaban J connectivity index is 2.01. The fraction of sp³-hybridized carbons (Fsp3) is 0.379. The summed E-state index contributed by atoms with van der Waals surface area (Å²) in [6.45, 7) is 8.11. The number of fused-ring (bicyclic) bond motifs is 1. The summed E-state index contributed by atoms with van der Waals surface area (Å²) in [6.07, 6.45) is 1.49. The van der Waals surface area contributed by atoms with Crippen molar-refractivity contribution in [3.63, 3.8) is 0 Å². The van der Waals surface area contributed by atoms with Gasteiger partial charge in [0, 0.05) is 18.5 Å². The molecule has 0 aliphatic heterocycles. The first-order valence-electron chi connectivity index (χ1n) is 12.6. The summed E-state index contributed by atoms with van der Waals surface area (Å²) in [6, 6.07) is 19.9. The molecule has 37 heavy (non-hydrogen) atoms. The first-order chi connectivity index (χ1) is 17.5. The molecule has 0 saturated heterocycles. The van der Waals surface area contributed by atoms with Crippen molar-refractivity contribution < 1.29 is 18.0 Å². The Labute approximate surface area is 220 Å². The Hall–Kier alpha value is -3.39. The van der Waals surface area contributed by atoms with Crippen molar-refractivity contribution in [2.24, 2.45) is 5.92 Å². The van der Waals surface area contributed by atoms with Gasteiger partial charge in [-0.1, -0.05) is 87.0 Å². The Morgan fingerprint density at radius 1 is 0.973 bits per heavy atom.